The van der Waals surface area contributed by atoms with Gasteiger partial charge in [-0.1, -0.05) is 18.2 Å². The van der Waals surface area contributed by atoms with Gasteiger partial charge in [-0.2, -0.15) is 0 Å². The molecule has 0 atom stereocenters. The lowest BCUT2D eigenvalue weighted by molar-refractivity contribution is -0.121. The first-order chi connectivity index (χ1) is 12.7. The van der Waals surface area contributed by atoms with Crippen molar-refractivity contribution in [1.82, 2.24) is 14.5 Å². The molecule has 1 aliphatic heterocycles. The number of anilines is 1. The molecule has 134 valence electrons. The number of carbonyl (C=O) groups excluding carboxylic acids is 1. The van der Waals surface area contributed by atoms with E-state index in [1.54, 1.807) is 22.9 Å². The number of amides is 1. The zero-order valence-corrected chi connectivity index (χ0v) is 14.3. The third-order valence-corrected chi connectivity index (χ3v) is 4.79. The molecule has 2 aromatic heterocycles. The Morgan fingerprint density at radius 1 is 1.15 bits per heavy atom. The molecule has 1 amide bonds. The van der Waals surface area contributed by atoms with Gasteiger partial charge in [0.2, 0.25) is 5.91 Å². The van der Waals surface area contributed by atoms with Crippen molar-refractivity contribution in [2.75, 3.05) is 18.4 Å². The van der Waals surface area contributed by atoms with Crippen LogP contribution in [0.1, 0.15) is 12.8 Å². The van der Waals surface area contributed by atoms with E-state index >= 15 is 0 Å². The first-order valence-corrected chi connectivity index (χ1v) is 8.73. The number of pyridine rings is 1. The zero-order chi connectivity index (χ0) is 17.9. The van der Waals surface area contributed by atoms with Gasteiger partial charge in [-0.25, -0.2) is 9.78 Å². The Balaban J connectivity index is 1.37. The van der Waals surface area contributed by atoms with Crippen LogP contribution < -0.4 is 11.1 Å². The third kappa shape index (κ3) is 3.39. The smallest absolute Gasteiger partial charge is 0.408 e. The molecule has 1 N–H and O–H groups in total. The minimum Gasteiger partial charge on any atom is -0.408 e. The quantitative estimate of drug-likeness (QED) is 0.779. The highest BCUT2D eigenvalue weighted by Crippen LogP contribution is 2.20. The first kappa shape index (κ1) is 16.5. The molecule has 1 aromatic carbocycles. The van der Waals surface area contributed by atoms with E-state index in [4.69, 9.17) is 4.42 Å². The molecular weight excluding hydrogens is 332 g/mol. The van der Waals surface area contributed by atoms with Crippen LogP contribution in [0, 0.1) is 5.92 Å². The van der Waals surface area contributed by atoms with Crippen LogP contribution in [0.15, 0.2) is 57.9 Å². The number of para-hydroxylation sites is 2. The topological polar surface area (TPSA) is 80.4 Å². The van der Waals surface area contributed by atoms with Crippen molar-refractivity contribution in [2.45, 2.75) is 19.5 Å². The average Bonchev–Trinajstić information content (AvgIpc) is 2.98. The molecule has 1 fully saturated rings. The predicted octanol–water partition coefficient (Wildman–Crippen LogP) is 2.30. The van der Waals surface area contributed by atoms with E-state index in [2.05, 4.69) is 15.2 Å². The Morgan fingerprint density at radius 3 is 2.69 bits per heavy atom. The fourth-order valence-corrected chi connectivity index (χ4v) is 3.35. The number of piperidine rings is 1. The number of oxazole rings is 1. The van der Waals surface area contributed by atoms with Crippen molar-refractivity contribution in [1.29, 1.82) is 0 Å². The number of nitrogens with one attached hydrogen (secondary N) is 1. The van der Waals surface area contributed by atoms with Gasteiger partial charge in [0, 0.05) is 25.2 Å². The molecule has 0 spiro atoms. The number of benzene rings is 1. The van der Waals surface area contributed by atoms with Crippen LogP contribution in [-0.2, 0) is 11.5 Å². The van der Waals surface area contributed by atoms with Gasteiger partial charge < -0.3 is 9.73 Å². The number of likely N-dealkylation sites (tertiary alicyclic amines) is 1. The molecule has 0 aliphatic carbocycles. The van der Waals surface area contributed by atoms with E-state index in [9.17, 15) is 9.59 Å². The van der Waals surface area contributed by atoms with E-state index < -0.39 is 0 Å². The van der Waals surface area contributed by atoms with Gasteiger partial charge in [-0.3, -0.25) is 14.3 Å². The van der Waals surface area contributed by atoms with Crippen molar-refractivity contribution in [3.05, 3.63) is 59.2 Å². The van der Waals surface area contributed by atoms with Crippen molar-refractivity contribution >= 4 is 22.8 Å². The highest BCUT2D eigenvalue weighted by Gasteiger charge is 2.26. The summed E-state index contributed by atoms with van der Waals surface area (Å²) in [6.45, 7) is 1.99. The molecule has 26 heavy (non-hydrogen) atoms. The maximum Gasteiger partial charge on any atom is 0.421 e. The zero-order valence-electron chi connectivity index (χ0n) is 14.3. The highest BCUT2D eigenvalue weighted by atomic mass is 16.4. The molecule has 7 heteroatoms. The fourth-order valence-electron chi connectivity index (χ4n) is 3.35. The average molecular weight is 352 g/mol. The molecule has 0 saturated carbocycles. The normalized spacial score (nSPS) is 16.0. The molecule has 0 unspecified atom stereocenters. The first-order valence-electron chi connectivity index (χ1n) is 8.73. The van der Waals surface area contributed by atoms with Gasteiger partial charge in [0.05, 0.1) is 12.2 Å². The summed E-state index contributed by atoms with van der Waals surface area (Å²) in [6.07, 6.45) is 3.16. The summed E-state index contributed by atoms with van der Waals surface area (Å²) in [7, 11) is 0. The Labute approximate surface area is 150 Å². The predicted molar refractivity (Wildman–Crippen MR) is 97.6 cm³/mol. The summed E-state index contributed by atoms with van der Waals surface area (Å²) in [5.74, 6) is 0.206. The molecule has 3 aromatic rings. The highest BCUT2D eigenvalue weighted by molar-refractivity contribution is 5.91. The van der Waals surface area contributed by atoms with E-state index in [1.807, 2.05) is 30.3 Å². The second kappa shape index (κ2) is 7.13. The lowest BCUT2D eigenvalue weighted by atomic mass is 9.96. The molecule has 7 nitrogen and oxygen atoms in total. The molecule has 1 saturated heterocycles. The number of carbonyl (C=O) groups is 1. The van der Waals surface area contributed by atoms with E-state index in [1.165, 1.54) is 0 Å². The molecule has 0 radical (unpaired) electrons. The second-order valence-electron chi connectivity index (χ2n) is 6.50. The maximum absolute atomic E-state index is 12.4. The van der Waals surface area contributed by atoms with Crippen LogP contribution in [0.4, 0.5) is 5.82 Å². The Hall–Kier alpha value is -2.93. The van der Waals surface area contributed by atoms with Crippen LogP contribution in [0.5, 0.6) is 0 Å². The number of hydrogen-bond donors (Lipinski definition) is 1. The van der Waals surface area contributed by atoms with Crippen LogP contribution in [0.2, 0.25) is 0 Å². The summed E-state index contributed by atoms with van der Waals surface area (Å²) in [4.78, 5) is 30.8. The van der Waals surface area contributed by atoms with Crippen molar-refractivity contribution in [2.24, 2.45) is 5.92 Å². The van der Waals surface area contributed by atoms with Crippen LogP contribution in [0.3, 0.4) is 0 Å². The van der Waals surface area contributed by atoms with Gasteiger partial charge in [-0.15, -0.1) is 0 Å². The van der Waals surface area contributed by atoms with Gasteiger partial charge in [0.25, 0.3) is 0 Å². The van der Waals surface area contributed by atoms with Crippen LogP contribution in [0.25, 0.3) is 11.1 Å². The second-order valence-corrected chi connectivity index (χ2v) is 6.50. The minimum atomic E-state index is -0.346. The van der Waals surface area contributed by atoms with Crippen molar-refractivity contribution < 1.29 is 9.21 Å². The van der Waals surface area contributed by atoms with Gasteiger partial charge >= 0.3 is 5.76 Å². The fraction of sp³-hybridized carbons (Fsp3) is 0.316. The summed E-state index contributed by atoms with van der Waals surface area (Å²) in [5.41, 5.74) is 1.40. The number of nitrogens with zero attached hydrogens (tertiary/aromatic N) is 3. The third-order valence-electron chi connectivity index (χ3n) is 4.79. The van der Waals surface area contributed by atoms with Gasteiger partial charge in [-0.05, 0) is 37.1 Å². The maximum atomic E-state index is 12.4. The van der Waals surface area contributed by atoms with Crippen LogP contribution >= 0.6 is 0 Å². The minimum absolute atomic E-state index is 0.00859. The number of rotatable bonds is 4. The Morgan fingerprint density at radius 2 is 1.92 bits per heavy atom. The monoisotopic (exact) mass is 352 g/mol. The van der Waals surface area contributed by atoms with E-state index in [-0.39, 0.29) is 17.6 Å². The molecule has 1 aliphatic rings. The lowest BCUT2D eigenvalue weighted by Crippen LogP contribution is -2.40. The standard InChI is InChI=1S/C19H20N4O3/c24-18(21-17-7-3-4-10-20-17)14-8-11-22(12-9-14)13-23-15-5-1-2-6-16(15)26-19(23)25/h1-7,10,14H,8-9,11-13H2,(H,20,21,24). The Bertz CT molecular complexity index is 956. The van der Waals surface area contributed by atoms with Crippen LogP contribution in [-0.4, -0.2) is 33.4 Å². The number of fused-ring (bicyclic) bond motifs is 1. The summed E-state index contributed by atoms with van der Waals surface area (Å²) in [5, 5.41) is 2.87. The van der Waals surface area contributed by atoms with Crippen molar-refractivity contribution in [3.63, 3.8) is 0 Å². The van der Waals surface area contributed by atoms with E-state index in [0.29, 0.717) is 18.1 Å². The summed E-state index contributed by atoms with van der Waals surface area (Å²) >= 11 is 0. The molecular formula is C19H20N4O3. The van der Waals surface area contributed by atoms with Gasteiger partial charge in [0.1, 0.15) is 5.82 Å². The Kier molecular flexibility index (Phi) is 4.53. The molecule has 3 heterocycles. The van der Waals surface area contributed by atoms with Crippen molar-refractivity contribution in [3.8, 4) is 0 Å². The van der Waals surface area contributed by atoms with Gasteiger partial charge in [0.15, 0.2) is 5.58 Å². The summed E-state index contributed by atoms with van der Waals surface area (Å²) in [6, 6.07) is 12.9. The SMILES string of the molecule is O=C(Nc1ccccn1)C1CCN(Cn2c(=O)oc3ccccc32)CC1. The largest absolute Gasteiger partial charge is 0.421 e. The lowest BCUT2D eigenvalue weighted by Gasteiger charge is -2.31. The molecule has 4 rings (SSSR count). The molecule has 0 bridgehead atoms. The number of hydrogen-bond acceptors (Lipinski definition) is 5. The number of aromatic nitrogens is 2. The summed E-state index contributed by atoms with van der Waals surface area (Å²) < 4.78 is 6.92. The van der Waals surface area contributed by atoms with E-state index in [0.717, 1.165) is 31.4 Å².